The van der Waals surface area contributed by atoms with Crippen molar-refractivity contribution in [2.45, 2.75) is 0 Å². The summed E-state index contributed by atoms with van der Waals surface area (Å²) in [4.78, 5) is 31.5. The van der Waals surface area contributed by atoms with E-state index in [0.29, 0.717) is 22.8 Å². The Balaban J connectivity index is 1.72. The van der Waals surface area contributed by atoms with E-state index in [-0.39, 0.29) is 11.7 Å². The summed E-state index contributed by atoms with van der Waals surface area (Å²) >= 11 is 0. The minimum atomic E-state index is -0.519. The van der Waals surface area contributed by atoms with Gasteiger partial charge in [-0.2, -0.15) is 0 Å². The third kappa shape index (κ3) is 4.59. The van der Waals surface area contributed by atoms with Gasteiger partial charge in [-0.1, -0.05) is 48.5 Å². The zero-order valence-corrected chi connectivity index (χ0v) is 18.5. The van der Waals surface area contributed by atoms with Gasteiger partial charge in [0.05, 0.1) is 18.5 Å². The van der Waals surface area contributed by atoms with Gasteiger partial charge in [-0.25, -0.2) is 9.67 Å². The largest absolute Gasteiger partial charge is 0.495 e. The summed E-state index contributed by atoms with van der Waals surface area (Å²) in [5, 5.41) is 7.25. The zero-order valence-electron chi connectivity index (χ0n) is 18.5. The number of carbonyl (C=O) groups excluding carboxylic acids is 2. The fourth-order valence-corrected chi connectivity index (χ4v) is 3.31. The standard InChI is InChI=1S/C25H23N5O3/c1-29(2)25(32)18-14-15-21(33-3)20(16-18)26-24(31)22-27-23(17-10-6-4-7-11-17)30(28-22)19-12-8-5-9-13-19/h4-16H,1-3H3,(H,26,31). The Labute approximate surface area is 191 Å². The topological polar surface area (TPSA) is 89.4 Å². The van der Waals surface area contributed by atoms with Gasteiger partial charge in [-0.15, -0.1) is 5.10 Å². The molecule has 166 valence electrons. The monoisotopic (exact) mass is 441 g/mol. The molecule has 4 aromatic rings. The molecule has 1 aromatic heterocycles. The quantitative estimate of drug-likeness (QED) is 0.490. The van der Waals surface area contributed by atoms with Crippen molar-refractivity contribution >= 4 is 17.5 Å². The molecule has 3 aromatic carbocycles. The Morgan fingerprint density at radius 2 is 1.61 bits per heavy atom. The van der Waals surface area contributed by atoms with Crippen LogP contribution in [0.5, 0.6) is 5.75 Å². The number of rotatable bonds is 6. The predicted octanol–water partition coefficient (Wildman–Crippen LogP) is 3.90. The van der Waals surface area contributed by atoms with Crippen molar-refractivity contribution in [1.29, 1.82) is 0 Å². The van der Waals surface area contributed by atoms with Crippen LogP contribution in [0.3, 0.4) is 0 Å². The molecule has 1 heterocycles. The summed E-state index contributed by atoms with van der Waals surface area (Å²) in [6.07, 6.45) is 0. The number of benzene rings is 3. The van der Waals surface area contributed by atoms with Gasteiger partial charge < -0.3 is 15.0 Å². The number of ether oxygens (including phenoxy) is 1. The second-order valence-corrected chi connectivity index (χ2v) is 7.44. The van der Waals surface area contributed by atoms with Gasteiger partial charge in [0.15, 0.2) is 5.82 Å². The normalized spacial score (nSPS) is 10.5. The molecule has 4 rings (SSSR count). The maximum atomic E-state index is 13.1. The fraction of sp³-hybridized carbons (Fsp3) is 0.120. The van der Waals surface area contributed by atoms with Gasteiger partial charge in [-0.3, -0.25) is 9.59 Å². The Bertz CT molecular complexity index is 1230. The number of aromatic nitrogens is 3. The number of nitrogens with one attached hydrogen (secondary N) is 1. The van der Waals surface area contributed by atoms with E-state index in [1.54, 1.807) is 37.0 Å². The number of nitrogens with zero attached hydrogens (tertiary/aromatic N) is 4. The summed E-state index contributed by atoms with van der Waals surface area (Å²) in [6, 6.07) is 23.9. The SMILES string of the molecule is COc1ccc(C(=O)N(C)C)cc1NC(=O)c1nc(-c2ccccc2)n(-c2ccccc2)n1. The van der Waals surface area contributed by atoms with E-state index >= 15 is 0 Å². The van der Waals surface area contributed by atoms with Crippen molar-refractivity contribution in [3.8, 4) is 22.8 Å². The molecule has 0 aliphatic rings. The van der Waals surface area contributed by atoms with E-state index in [2.05, 4.69) is 15.4 Å². The molecule has 0 saturated carbocycles. The summed E-state index contributed by atoms with van der Waals surface area (Å²) in [5.41, 5.74) is 2.37. The molecule has 8 heteroatoms. The van der Waals surface area contributed by atoms with Gasteiger partial charge in [0, 0.05) is 25.2 Å². The summed E-state index contributed by atoms with van der Waals surface area (Å²) in [7, 11) is 4.82. The molecule has 8 nitrogen and oxygen atoms in total. The third-order valence-corrected chi connectivity index (χ3v) is 4.94. The highest BCUT2D eigenvalue weighted by molar-refractivity contribution is 6.04. The highest BCUT2D eigenvalue weighted by Crippen LogP contribution is 2.27. The van der Waals surface area contributed by atoms with E-state index in [9.17, 15) is 9.59 Å². The molecule has 0 bridgehead atoms. The van der Waals surface area contributed by atoms with Gasteiger partial charge >= 0.3 is 0 Å². The van der Waals surface area contributed by atoms with Crippen molar-refractivity contribution in [2.24, 2.45) is 0 Å². The van der Waals surface area contributed by atoms with Gasteiger partial charge in [-0.05, 0) is 30.3 Å². The first-order valence-electron chi connectivity index (χ1n) is 10.3. The molecule has 0 spiro atoms. The highest BCUT2D eigenvalue weighted by atomic mass is 16.5. The molecule has 1 N–H and O–H groups in total. The molecule has 33 heavy (non-hydrogen) atoms. The molecule has 0 fully saturated rings. The van der Waals surface area contributed by atoms with Crippen LogP contribution in [-0.4, -0.2) is 52.7 Å². The number of hydrogen-bond acceptors (Lipinski definition) is 5. The number of hydrogen-bond donors (Lipinski definition) is 1. The van der Waals surface area contributed by atoms with Gasteiger partial charge in [0.1, 0.15) is 5.75 Å². The van der Waals surface area contributed by atoms with Crippen molar-refractivity contribution in [3.05, 3.63) is 90.3 Å². The molecule has 0 unspecified atom stereocenters. The van der Waals surface area contributed by atoms with Crippen LogP contribution in [0.15, 0.2) is 78.9 Å². The van der Waals surface area contributed by atoms with Crippen LogP contribution in [0.4, 0.5) is 5.69 Å². The van der Waals surface area contributed by atoms with Crippen LogP contribution in [0.1, 0.15) is 21.0 Å². The van der Waals surface area contributed by atoms with Gasteiger partial charge in [0.25, 0.3) is 11.8 Å². The van der Waals surface area contributed by atoms with Crippen LogP contribution >= 0.6 is 0 Å². The van der Waals surface area contributed by atoms with Crippen molar-refractivity contribution in [2.75, 3.05) is 26.5 Å². The maximum absolute atomic E-state index is 13.1. The average Bonchev–Trinajstić information content (AvgIpc) is 3.30. The van der Waals surface area contributed by atoms with Crippen LogP contribution in [0.25, 0.3) is 17.1 Å². The highest BCUT2D eigenvalue weighted by Gasteiger charge is 2.21. The minimum Gasteiger partial charge on any atom is -0.495 e. The van der Waals surface area contributed by atoms with Gasteiger partial charge in [0.2, 0.25) is 5.82 Å². The fourth-order valence-electron chi connectivity index (χ4n) is 3.31. The van der Waals surface area contributed by atoms with E-state index in [1.165, 1.54) is 12.0 Å². The molecule has 0 saturated heterocycles. The molecule has 0 aliphatic carbocycles. The zero-order chi connectivity index (χ0) is 23.4. The first kappa shape index (κ1) is 21.8. The lowest BCUT2D eigenvalue weighted by atomic mass is 10.1. The number of amides is 2. The van der Waals surface area contributed by atoms with Crippen LogP contribution in [-0.2, 0) is 0 Å². The smallest absolute Gasteiger partial charge is 0.295 e. The molecular weight excluding hydrogens is 418 g/mol. The van der Waals surface area contributed by atoms with E-state index < -0.39 is 5.91 Å². The molecular formula is C25H23N5O3. The number of anilines is 1. The summed E-state index contributed by atoms with van der Waals surface area (Å²) < 4.78 is 6.99. The molecule has 0 radical (unpaired) electrons. The Morgan fingerprint density at radius 3 is 2.24 bits per heavy atom. The Hall–Kier alpha value is -4.46. The molecule has 0 aliphatic heterocycles. The number of para-hydroxylation sites is 1. The minimum absolute atomic E-state index is 0.0101. The Kier molecular flexibility index (Phi) is 6.17. The van der Waals surface area contributed by atoms with Crippen molar-refractivity contribution < 1.29 is 14.3 Å². The number of carbonyl (C=O) groups is 2. The maximum Gasteiger partial charge on any atom is 0.295 e. The first-order chi connectivity index (χ1) is 16.0. The number of methoxy groups -OCH3 is 1. The Morgan fingerprint density at radius 1 is 0.939 bits per heavy atom. The van der Waals surface area contributed by atoms with Crippen LogP contribution < -0.4 is 10.1 Å². The first-order valence-corrected chi connectivity index (χ1v) is 10.3. The van der Waals surface area contributed by atoms with Crippen LogP contribution in [0.2, 0.25) is 0 Å². The molecule has 2 amide bonds. The van der Waals surface area contributed by atoms with E-state index in [4.69, 9.17) is 4.74 Å². The van der Waals surface area contributed by atoms with E-state index in [0.717, 1.165) is 11.3 Å². The van der Waals surface area contributed by atoms with Crippen LogP contribution in [0, 0.1) is 0 Å². The third-order valence-electron chi connectivity index (χ3n) is 4.94. The molecule has 0 atom stereocenters. The second-order valence-electron chi connectivity index (χ2n) is 7.44. The second kappa shape index (κ2) is 9.35. The van der Waals surface area contributed by atoms with E-state index in [1.807, 2.05) is 60.7 Å². The summed E-state index contributed by atoms with van der Waals surface area (Å²) in [5.74, 6) is 0.240. The lowest BCUT2D eigenvalue weighted by Gasteiger charge is -2.14. The van der Waals surface area contributed by atoms with Crippen molar-refractivity contribution in [1.82, 2.24) is 19.7 Å². The summed E-state index contributed by atoms with van der Waals surface area (Å²) in [6.45, 7) is 0. The average molecular weight is 441 g/mol. The lowest BCUT2D eigenvalue weighted by Crippen LogP contribution is -2.22. The lowest BCUT2D eigenvalue weighted by molar-refractivity contribution is 0.0827. The predicted molar refractivity (Wildman–Crippen MR) is 126 cm³/mol. The van der Waals surface area contributed by atoms with Crippen molar-refractivity contribution in [3.63, 3.8) is 0 Å².